The second-order valence-electron chi connectivity index (χ2n) is 14.9. The summed E-state index contributed by atoms with van der Waals surface area (Å²) in [6, 6.07) is 53.1. The van der Waals surface area contributed by atoms with E-state index in [4.69, 9.17) is 19.9 Å². The topological polar surface area (TPSA) is 51.6 Å². The second-order valence-corrected chi connectivity index (χ2v) is 14.9. The number of benzene rings is 5. The van der Waals surface area contributed by atoms with Crippen LogP contribution in [-0.2, 0) is 6.42 Å². The number of pyridine rings is 1. The van der Waals surface area contributed by atoms with Gasteiger partial charge in [0.15, 0.2) is 11.6 Å². The van der Waals surface area contributed by atoms with Gasteiger partial charge in [0.1, 0.15) is 5.82 Å². The van der Waals surface area contributed by atoms with E-state index >= 15 is 0 Å². The lowest BCUT2D eigenvalue weighted by molar-refractivity contribution is 0.766. The molecule has 0 saturated carbocycles. The van der Waals surface area contributed by atoms with Gasteiger partial charge >= 0.3 is 0 Å². The van der Waals surface area contributed by atoms with Crippen LogP contribution in [0.1, 0.15) is 66.1 Å². The van der Waals surface area contributed by atoms with Gasteiger partial charge in [0, 0.05) is 34.1 Å². The molecule has 4 nitrogen and oxygen atoms in total. The molecule has 2 aliphatic carbocycles. The van der Waals surface area contributed by atoms with Crippen LogP contribution in [-0.4, -0.2) is 19.9 Å². The Hall–Kier alpha value is -6.78. The van der Waals surface area contributed by atoms with Gasteiger partial charge in [0.25, 0.3) is 0 Å². The summed E-state index contributed by atoms with van der Waals surface area (Å²) in [6.07, 6.45) is 17.6. The van der Waals surface area contributed by atoms with E-state index in [-0.39, 0.29) is 11.8 Å². The molecule has 0 N–H and O–H groups in total. The minimum Gasteiger partial charge on any atom is -0.248 e. The standard InChI is InChI=1S/C53H44N4/c1-2-17-37-30-31-44(42-26-15-27-43(32-42)47-35-49(38-18-7-3-8-19-38)54-50(36-47)39-20-9-4-10-21-39)34-48(37)45-28-16-29-46(33-45)53-56-51(40-22-11-5-12-23-40)55-52(57-53)41-24-13-6-14-25-41/h3-16,18-28,30-31,33-36,43,46H,2,17,29,32H2,1H3. The van der Waals surface area contributed by atoms with Gasteiger partial charge in [0.05, 0.1) is 11.4 Å². The number of rotatable bonds is 10. The molecule has 2 atom stereocenters. The minimum absolute atomic E-state index is 0.0153. The van der Waals surface area contributed by atoms with Crippen molar-refractivity contribution in [1.29, 1.82) is 0 Å². The summed E-state index contributed by atoms with van der Waals surface area (Å²) < 4.78 is 0. The first kappa shape index (κ1) is 35.9. The largest absolute Gasteiger partial charge is 0.248 e. The summed E-state index contributed by atoms with van der Waals surface area (Å²) in [6.45, 7) is 2.26. The van der Waals surface area contributed by atoms with Gasteiger partial charge in [0.2, 0.25) is 0 Å². The van der Waals surface area contributed by atoms with E-state index in [9.17, 15) is 0 Å². The van der Waals surface area contributed by atoms with Gasteiger partial charge in [-0.15, -0.1) is 0 Å². The van der Waals surface area contributed by atoms with E-state index in [1.165, 1.54) is 33.4 Å². The molecule has 2 heterocycles. The van der Waals surface area contributed by atoms with Crippen LogP contribution in [0.3, 0.4) is 0 Å². The molecule has 276 valence electrons. The number of allylic oxidation sites excluding steroid dienone is 8. The molecule has 0 amide bonds. The molecule has 0 aliphatic heterocycles. The lowest BCUT2D eigenvalue weighted by Crippen LogP contribution is -2.09. The number of nitrogens with zero attached hydrogens (tertiary/aromatic N) is 4. The molecular formula is C53H44N4. The van der Waals surface area contributed by atoms with Gasteiger partial charge in [-0.05, 0) is 70.9 Å². The molecular weight excluding hydrogens is 693 g/mol. The van der Waals surface area contributed by atoms with Crippen LogP contribution in [0.15, 0.2) is 188 Å². The summed E-state index contributed by atoms with van der Waals surface area (Å²) in [5.41, 5.74) is 13.9. The SMILES string of the molecule is CCCc1ccc(C2=CC=CC(c3cc(-c4ccccc4)nc(-c4ccccc4)c3)C2)cc1C1=CC(c2nc(-c3ccccc3)nc(-c3ccccc3)n2)CC=C1. The van der Waals surface area contributed by atoms with Crippen molar-refractivity contribution in [3.8, 4) is 45.3 Å². The maximum absolute atomic E-state index is 5.14. The fourth-order valence-corrected chi connectivity index (χ4v) is 7.97. The van der Waals surface area contributed by atoms with Gasteiger partial charge in [-0.25, -0.2) is 19.9 Å². The Kier molecular flexibility index (Phi) is 10.4. The predicted molar refractivity (Wildman–Crippen MR) is 235 cm³/mol. The number of hydrogen-bond acceptors (Lipinski definition) is 4. The molecule has 0 saturated heterocycles. The molecule has 2 aliphatic rings. The van der Waals surface area contributed by atoms with Crippen LogP contribution in [0.5, 0.6) is 0 Å². The first-order valence-electron chi connectivity index (χ1n) is 20.1. The number of aromatic nitrogens is 4. The Bertz CT molecular complexity index is 2510. The van der Waals surface area contributed by atoms with Crippen molar-refractivity contribution in [3.63, 3.8) is 0 Å². The Morgan fingerprint density at radius 3 is 1.72 bits per heavy atom. The number of hydrogen-bond donors (Lipinski definition) is 0. The minimum atomic E-state index is 0.0153. The molecule has 2 aromatic heterocycles. The smallest absolute Gasteiger partial charge is 0.163 e. The predicted octanol–water partition coefficient (Wildman–Crippen LogP) is 13.1. The van der Waals surface area contributed by atoms with Gasteiger partial charge in [-0.3, -0.25) is 0 Å². The molecule has 5 aromatic carbocycles. The fraction of sp³-hybridized carbons (Fsp3) is 0.132. The van der Waals surface area contributed by atoms with E-state index in [0.29, 0.717) is 11.6 Å². The van der Waals surface area contributed by atoms with E-state index in [1.54, 1.807) is 0 Å². The van der Waals surface area contributed by atoms with Crippen LogP contribution >= 0.6 is 0 Å². The van der Waals surface area contributed by atoms with E-state index in [1.807, 2.05) is 36.4 Å². The zero-order chi connectivity index (χ0) is 38.4. The van der Waals surface area contributed by atoms with Crippen LogP contribution in [0, 0.1) is 0 Å². The van der Waals surface area contributed by atoms with Gasteiger partial charge in [-0.2, -0.15) is 0 Å². The monoisotopic (exact) mass is 736 g/mol. The third kappa shape index (κ3) is 7.99. The molecule has 0 spiro atoms. The average Bonchev–Trinajstić information content (AvgIpc) is 3.30. The molecule has 4 heteroatoms. The van der Waals surface area contributed by atoms with Crippen LogP contribution in [0.2, 0.25) is 0 Å². The van der Waals surface area contributed by atoms with Gasteiger partial charge in [-0.1, -0.05) is 183 Å². The summed E-state index contributed by atoms with van der Waals surface area (Å²) in [5.74, 6) is 2.43. The van der Waals surface area contributed by atoms with E-state index in [0.717, 1.165) is 65.1 Å². The third-order valence-corrected chi connectivity index (χ3v) is 10.9. The third-order valence-electron chi connectivity index (χ3n) is 10.9. The quantitative estimate of drug-likeness (QED) is 0.140. The molecule has 9 rings (SSSR count). The van der Waals surface area contributed by atoms with Crippen molar-refractivity contribution < 1.29 is 0 Å². The second kappa shape index (κ2) is 16.5. The normalized spacial score (nSPS) is 16.2. The fourth-order valence-electron chi connectivity index (χ4n) is 7.97. The van der Waals surface area contributed by atoms with Gasteiger partial charge < -0.3 is 0 Å². The Morgan fingerprint density at radius 2 is 1.14 bits per heavy atom. The molecule has 0 radical (unpaired) electrons. The summed E-state index contributed by atoms with van der Waals surface area (Å²) in [7, 11) is 0. The Labute approximate surface area is 335 Å². The van der Waals surface area contributed by atoms with Crippen molar-refractivity contribution >= 4 is 11.1 Å². The van der Waals surface area contributed by atoms with Crippen molar-refractivity contribution in [2.45, 2.75) is 44.4 Å². The van der Waals surface area contributed by atoms with Crippen molar-refractivity contribution in [1.82, 2.24) is 19.9 Å². The van der Waals surface area contributed by atoms with E-state index in [2.05, 4.69) is 159 Å². The molecule has 0 bridgehead atoms. The van der Waals surface area contributed by atoms with Crippen LogP contribution < -0.4 is 0 Å². The molecule has 7 aromatic rings. The highest BCUT2D eigenvalue weighted by Gasteiger charge is 2.22. The van der Waals surface area contributed by atoms with Crippen LogP contribution in [0.4, 0.5) is 0 Å². The molecule has 57 heavy (non-hydrogen) atoms. The summed E-state index contributed by atoms with van der Waals surface area (Å²) in [4.78, 5) is 20.3. The highest BCUT2D eigenvalue weighted by Crippen LogP contribution is 2.39. The first-order chi connectivity index (χ1) is 28.2. The van der Waals surface area contributed by atoms with Crippen LogP contribution in [0.25, 0.3) is 56.4 Å². The molecule has 2 unspecified atom stereocenters. The zero-order valence-corrected chi connectivity index (χ0v) is 32.2. The highest BCUT2D eigenvalue weighted by atomic mass is 15.0. The lowest BCUT2D eigenvalue weighted by Gasteiger charge is -2.23. The lowest BCUT2D eigenvalue weighted by atomic mass is 9.82. The number of aryl methyl sites for hydroxylation is 1. The highest BCUT2D eigenvalue weighted by molar-refractivity contribution is 5.81. The Balaban J connectivity index is 1.06. The molecule has 0 fully saturated rings. The summed E-state index contributed by atoms with van der Waals surface area (Å²) >= 11 is 0. The van der Waals surface area contributed by atoms with Crippen molar-refractivity contribution in [2.75, 3.05) is 0 Å². The zero-order valence-electron chi connectivity index (χ0n) is 32.2. The van der Waals surface area contributed by atoms with E-state index < -0.39 is 0 Å². The summed E-state index contributed by atoms with van der Waals surface area (Å²) in [5, 5.41) is 0. The van der Waals surface area contributed by atoms with Crippen molar-refractivity contribution in [2.24, 2.45) is 0 Å². The maximum atomic E-state index is 5.14. The van der Waals surface area contributed by atoms with Crippen molar-refractivity contribution in [3.05, 3.63) is 216 Å². The Morgan fingerprint density at radius 1 is 0.561 bits per heavy atom. The first-order valence-corrected chi connectivity index (χ1v) is 20.1. The average molecular weight is 737 g/mol. The maximum Gasteiger partial charge on any atom is 0.163 e.